The molecule has 0 saturated heterocycles. The smallest absolute Gasteiger partial charge is 0.343 e. The molecule has 0 bridgehead atoms. The van der Waals surface area contributed by atoms with Gasteiger partial charge in [-0.3, -0.25) is 9.36 Å². The third kappa shape index (κ3) is 7.08. The fourth-order valence-electron chi connectivity index (χ4n) is 4.41. The molecule has 2 aromatic carbocycles. The van der Waals surface area contributed by atoms with Gasteiger partial charge in [-0.05, 0) is 78.2 Å². The lowest BCUT2D eigenvalue weighted by atomic mass is 9.95. The van der Waals surface area contributed by atoms with E-state index in [4.69, 9.17) is 18.9 Å². The second kappa shape index (κ2) is 14.3. The van der Waals surface area contributed by atoms with Gasteiger partial charge in [0.2, 0.25) is 0 Å². The maximum absolute atomic E-state index is 14.0. The lowest BCUT2D eigenvalue weighted by Crippen LogP contribution is -2.40. The Bertz CT molecular complexity index is 1760. The van der Waals surface area contributed by atoms with E-state index in [0.29, 0.717) is 51.1 Å². The van der Waals surface area contributed by atoms with Crippen LogP contribution < -0.4 is 29.1 Å². The molecule has 4 rings (SSSR count). The number of carbonyl (C=O) groups is 2. The average Bonchev–Trinajstić information content (AvgIpc) is 3.29. The fourth-order valence-corrected chi connectivity index (χ4v) is 5.97. The first kappa shape index (κ1) is 31.8. The number of allylic oxidation sites excluding steroid dienone is 1. The van der Waals surface area contributed by atoms with Crippen LogP contribution in [0.15, 0.2) is 74.6 Å². The van der Waals surface area contributed by atoms with E-state index in [1.807, 2.05) is 19.1 Å². The zero-order valence-electron chi connectivity index (χ0n) is 24.2. The first-order valence-corrected chi connectivity index (χ1v) is 15.0. The molecule has 2 heterocycles. The highest BCUT2D eigenvalue weighted by Crippen LogP contribution is 2.36. The Kier molecular flexibility index (Phi) is 10.6. The summed E-state index contributed by atoms with van der Waals surface area (Å²) in [6, 6.07) is 9.68. The Morgan fingerprint density at radius 2 is 1.84 bits per heavy atom. The van der Waals surface area contributed by atoms with Crippen LogP contribution in [-0.2, 0) is 19.1 Å². The summed E-state index contributed by atoms with van der Waals surface area (Å²) in [5.74, 6) is 0.177. The van der Waals surface area contributed by atoms with Crippen molar-refractivity contribution in [1.29, 1.82) is 0 Å². The number of hydrogen-bond acceptors (Lipinski definition) is 10. The summed E-state index contributed by atoms with van der Waals surface area (Å²) in [7, 11) is 1.27. The van der Waals surface area contributed by atoms with Gasteiger partial charge in [-0.25, -0.2) is 14.6 Å². The van der Waals surface area contributed by atoms with Crippen molar-refractivity contribution >= 4 is 45.3 Å². The average molecular weight is 672 g/mol. The maximum Gasteiger partial charge on any atom is 0.343 e. The van der Waals surface area contributed by atoms with Crippen molar-refractivity contribution in [2.24, 2.45) is 4.99 Å². The Labute approximate surface area is 260 Å². The van der Waals surface area contributed by atoms with Crippen LogP contribution >= 0.6 is 27.3 Å². The number of rotatable bonds is 12. The summed E-state index contributed by atoms with van der Waals surface area (Å²) in [6.07, 6.45) is 3.42. The number of nitrogens with zero attached hydrogens (tertiary/aromatic N) is 2. The zero-order valence-corrected chi connectivity index (χ0v) is 26.6. The highest BCUT2D eigenvalue weighted by atomic mass is 79.9. The SMILES string of the molecule is C=CCOc1ccc(/C=c2\sc3n(c2=O)[C@H](c2ccc(OCC(=O)OC)c(OCC)c2)C(C(=O)OCC)=C(C)N=3)cc1Br. The van der Waals surface area contributed by atoms with Crippen molar-refractivity contribution in [2.45, 2.75) is 26.8 Å². The van der Waals surface area contributed by atoms with Crippen molar-refractivity contribution in [2.75, 3.05) is 33.5 Å². The topological polar surface area (TPSA) is 115 Å². The third-order valence-electron chi connectivity index (χ3n) is 6.28. The summed E-state index contributed by atoms with van der Waals surface area (Å²) in [5, 5.41) is 0. The number of methoxy groups -OCH3 is 1. The van der Waals surface area contributed by atoms with Crippen molar-refractivity contribution in [3.63, 3.8) is 0 Å². The molecule has 0 spiro atoms. The molecule has 0 unspecified atom stereocenters. The lowest BCUT2D eigenvalue weighted by Gasteiger charge is -2.25. The molecule has 0 aliphatic carbocycles. The molecular weight excluding hydrogens is 640 g/mol. The van der Waals surface area contributed by atoms with E-state index in [1.165, 1.54) is 23.0 Å². The number of carbonyl (C=O) groups excluding carboxylic acids is 2. The van der Waals surface area contributed by atoms with Crippen LogP contribution in [0.5, 0.6) is 17.2 Å². The van der Waals surface area contributed by atoms with Crippen LogP contribution in [0.1, 0.15) is 37.9 Å². The molecule has 0 saturated carbocycles. The van der Waals surface area contributed by atoms with Gasteiger partial charge in [0.05, 0.1) is 46.6 Å². The van der Waals surface area contributed by atoms with E-state index in [1.54, 1.807) is 50.3 Å². The number of ether oxygens (including phenoxy) is 5. The van der Waals surface area contributed by atoms with Crippen LogP contribution in [0, 0.1) is 0 Å². The molecule has 0 N–H and O–H groups in total. The first-order chi connectivity index (χ1) is 20.7. The minimum Gasteiger partial charge on any atom is -0.490 e. The fraction of sp³-hybridized carbons (Fsp3) is 0.290. The van der Waals surface area contributed by atoms with Gasteiger partial charge in [0.15, 0.2) is 22.9 Å². The Hall–Kier alpha value is -4.16. The van der Waals surface area contributed by atoms with Crippen molar-refractivity contribution < 1.29 is 33.3 Å². The van der Waals surface area contributed by atoms with E-state index >= 15 is 0 Å². The van der Waals surface area contributed by atoms with Crippen LogP contribution in [0.4, 0.5) is 0 Å². The van der Waals surface area contributed by atoms with Crippen LogP contribution in [0.25, 0.3) is 6.08 Å². The van der Waals surface area contributed by atoms with E-state index in [2.05, 4.69) is 32.2 Å². The number of hydrogen-bond donors (Lipinski definition) is 0. The Morgan fingerprint density at radius 3 is 2.51 bits per heavy atom. The van der Waals surface area contributed by atoms with Gasteiger partial charge in [0, 0.05) is 0 Å². The molecule has 12 heteroatoms. The van der Waals surface area contributed by atoms with E-state index in [9.17, 15) is 14.4 Å². The Balaban J connectivity index is 1.86. The second-order valence-electron chi connectivity index (χ2n) is 9.10. The summed E-state index contributed by atoms with van der Waals surface area (Å²) >= 11 is 4.73. The molecule has 1 aromatic heterocycles. The highest BCUT2D eigenvalue weighted by Gasteiger charge is 2.34. The monoisotopic (exact) mass is 670 g/mol. The van der Waals surface area contributed by atoms with Crippen molar-refractivity contribution in [3.05, 3.63) is 95.6 Å². The summed E-state index contributed by atoms with van der Waals surface area (Å²) in [4.78, 5) is 43.9. The number of esters is 2. The molecule has 226 valence electrons. The number of halogens is 1. The third-order valence-corrected chi connectivity index (χ3v) is 7.89. The molecule has 43 heavy (non-hydrogen) atoms. The second-order valence-corrected chi connectivity index (χ2v) is 11.0. The van der Waals surface area contributed by atoms with Gasteiger partial charge >= 0.3 is 11.9 Å². The van der Waals surface area contributed by atoms with Gasteiger partial charge in [-0.15, -0.1) is 0 Å². The van der Waals surface area contributed by atoms with E-state index in [0.717, 1.165) is 10.0 Å². The maximum atomic E-state index is 14.0. The minimum absolute atomic E-state index is 0.151. The molecule has 10 nitrogen and oxygen atoms in total. The van der Waals surface area contributed by atoms with Crippen LogP contribution in [0.2, 0.25) is 0 Å². The normalized spacial score (nSPS) is 14.4. The van der Waals surface area contributed by atoms with Crippen molar-refractivity contribution in [3.8, 4) is 17.2 Å². The number of aromatic nitrogens is 1. The van der Waals surface area contributed by atoms with E-state index < -0.39 is 18.0 Å². The number of fused-ring (bicyclic) bond motifs is 1. The molecular formula is C31H31BrN2O8S. The molecule has 0 amide bonds. The van der Waals surface area contributed by atoms with Gasteiger partial charge in [-0.2, -0.15) is 0 Å². The van der Waals surface area contributed by atoms with Gasteiger partial charge in [-0.1, -0.05) is 36.1 Å². The van der Waals surface area contributed by atoms with Crippen LogP contribution in [-0.4, -0.2) is 50.0 Å². The molecule has 0 radical (unpaired) electrons. The van der Waals surface area contributed by atoms with E-state index in [-0.39, 0.29) is 24.3 Å². The number of thiazole rings is 1. The predicted octanol–water partition coefficient (Wildman–Crippen LogP) is 4.08. The van der Waals surface area contributed by atoms with Gasteiger partial charge in [0.1, 0.15) is 12.4 Å². The predicted molar refractivity (Wildman–Crippen MR) is 165 cm³/mol. The molecule has 1 atom stereocenters. The van der Waals surface area contributed by atoms with Gasteiger partial charge < -0.3 is 23.7 Å². The van der Waals surface area contributed by atoms with Gasteiger partial charge in [0.25, 0.3) is 5.56 Å². The quantitative estimate of drug-likeness (QED) is 0.209. The number of benzene rings is 2. The summed E-state index contributed by atoms with van der Waals surface area (Å²) < 4.78 is 29.7. The largest absolute Gasteiger partial charge is 0.490 e. The molecule has 1 aliphatic rings. The molecule has 0 fully saturated rings. The summed E-state index contributed by atoms with van der Waals surface area (Å²) in [6.45, 7) is 9.42. The standard InChI is InChI=1S/C31H31BrN2O8S/c1-6-13-41-22-11-9-19(14-21(22)32)15-25-29(36)34-28(27(30(37)40-8-3)18(4)33-31(34)43-25)20-10-12-23(24(16-20)39-7-2)42-17-26(35)38-5/h6,9-12,14-16,28H,1,7-8,13,17H2,2-5H3/b25-15-/t28-/m1/s1. The lowest BCUT2D eigenvalue weighted by molar-refractivity contribution is -0.143. The van der Waals surface area contributed by atoms with Crippen LogP contribution in [0.3, 0.4) is 0 Å². The summed E-state index contributed by atoms with van der Waals surface area (Å²) in [5.41, 5.74) is 1.69. The minimum atomic E-state index is -0.854. The zero-order chi connectivity index (χ0) is 31.1. The highest BCUT2D eigenvalue weighted by molar-refractivity contribution is 9.10. The molecule has 1 aliphatic heterocycles. The molecule has 3 aromatic rings. The Morgan fingerprint density at radius 1 is 1.07 bits per heavy atom. The van der Waals surface area contributed by atoms with Crippen molar-refractivity contribution in [1.82, 2.24) is 4.57 Å². The first-order valence-electron chi connectivity index (χ1n) is 13.4.